The van der Waals surface area contributed by atoms with Gasteiger partial charge >= 0.3 is 0 Å². The first-order valence-electron chi connectivity index (χ1n) is 8.53. The highest BCUT2D eigenvalue weighted by Crippen LogP contribution is 2.35. The van der Waals surface area contributed by atoms with Crippen molar-refractivity contribution in [1.29, 1.82) is 0 Å². The molecule has 0 fully saturated rings. The normalized spacial score (nSPS) is 11.3. The lowest BCUT2D eigenvalue weighted by Gasteiger charge is -2.11. The van der Waals surface area contributed by atoms with E-state index in [-0.39, 0.29) is 0 Å². The fraction of sp³-hybridized carbons (Fsp3) is 0.0476. The molecule has 0 unspecified atom stereocenters. The van der Waals surface area contributed by atoms with E-state index in [0.717, 1.165) is 33.2 Å². The first-order valence-corrected chi connectivity index (χ1v) is 8.53. The minimum absolute atomic E-state index is 0.481. The van der Waals surface area contributed by atoms with Crippen molar-refractivity contribution in [3.8, 4) is 22.7 Å². The first kappa shape index (κ1) is 15.5. The van der Waals surface area contributed by atoms with Crippen molar-refractivity contribution >= 4 is 27.6 Å². The zero-order chi connectivity index (χ0) is 18.4. The number of anilines is 1. The third-order valence-corrected chi connectivity index (χ3v) is 4.55. The van der Waals surface area contributed by atoms with Crippen molar-refractivity contribution in [1.82, 2.24) is 19.9 Å². The van der Waals surface area contributed by atoms with E-state index < -0.39 is 0 Å². The topological polar surface area (TPSA) is 90.7 Å². The molecule has 130 valence electrons. The third-order valence-electron chi connectivity index (χ3n) is 4.55. The van der Waals surface area contributed by atoms with Gasteiger partial charge in [0, 0.05) is 40.3 Å². The number of nitrogens with two attached hydrogens (primary N) is 1. The molecule has 0 saturated carbocycles. The average Bonchev–Trinajstić information content (AvgIpc) is 3.13. The smallest absolute Gasteiger partial charge is 0.160 e. The molecule has 6 nitrogen and oxygen atoms in total. The van der Waals surface area contributed by atoms with E-state index in [0.29, 0.717) is 22.9 Å². The lowest BCUT2D eigenvalue weighted by Crippen LogP contribution is -1.96. The Morgan fingerprint density at radius 2 is 1.70 bits per heavy atom. The quantitative estimate of drug-likeness (QED) is 0.506. The monoisotopic (exact) mass is 353 g/mol. The summed E-state index contributed by atoms with van der Waals surface area (Å²) in [4.78, 5) is 17.9. The molecule has 0 aromatic carbocycles. The molecule has 0 aliphatic heterocycles. The van der Waals surface area contributed by atoms with Crippen molar-refractivity contribution in [2.45, 2.75) is 6.92 Å². The van der Waals surface area contributed by atoms with Gasteiger partial charge in [0.1, 0.15) is 17.3 Å². The number of nitrogens with zero attached hydrogens (tertiary/aromatic N) is 4. The first-order chi connectivity index (χ1) is 13.2. The van der Waals surface area contributed by atoms with Gasteiger partial charge in [0.05, 0.1) is 5.69 Å². The summed E-state index contributed by atoms with van der Waals surface area (Å²) in [5.74, 6) is 2.01. The van der Waals surface area contributed by atoms with Crippen molar-refractivity contribution in [2.24, 2.45) is 0 Å². The number of aryl methyl sites for hydroxylation is 1. The van der Waals surface area contributed by atoms with Gasteiger partial charge in [0.25, 0.3) is 0 Å². The van der Waals surface area contributed by atoms with Crippen molar-refractivity contribution in [3.05, 3.63) is 66.8 Å². The van der Waals surface area contributed by atoms with Gasteiger partial charge in [-0.05, 0) is 49.4 Å². The summed E-state index contributed by atoms with van der Waals surface area (Å²) in [5.41, 5.74) is 9.15. The minimum atomic E-state index is 0.481. The Morgan fingerprint density at radius 1 is 0.852 bits per heavy atom. The molecule has 5 aromatic rings. The lowest BCUT2D eigenvalue weighted by atomic mass is 10.0. The maximum Gasteiger partial charge on any atom is 0.160 e. The van der Waals surface area contributed by atoms with Gasteiger partial charge in [-0.25, -0.2) is 15.0 Å². The Balaban J connectivity index is 1.87. The number of pyridine rings is 4. The number of nitrogen functional groups attached to an aromatic ring is 1. The lowest BCUT2D eigenvalue weighted by molar-refractivity contribution is 0.546. The predicted octanol–water partition coefficient (Wildman–Crippen LogP) is 4.39. The molecule has 5 heterocycles. The van der Waals surface area contributed by atoms with Crippen molar-refractivity contribution in [2.75, 3.05) is 5.73 Å². The molecule has 0 aliphatic rings. The van der Waals surface area contributed by atoms with E-state index in [2.05, 4.69) is 19.9 Å². The van der Waals surface area contributed by atoms with Gasteiger partial charge in [-0.1, -0.05) is 0 Å². The molecule has 0 bridgehead atoms. The standard InChI is InChI=1S/C21H15N5O/c1-12-4-5-18(27-12)17-11-16(15-3-2-8-25-21(15)26-17)19-13-6-10-24-20(22)14(13)7-9-23-19/h2-11H,1H3,(H2,22,24). The summed E-state index contributed by atoms with van der Waals surface area (Å²) in [7, 11) is 0. The van der Waals surface area contributed by atoms with Crippen LogP contribution in [0.2, 0.25) is 0 Å². The molecule has 6 heteroatoms. The van der Waals surface area contributed by atoms with E-state index in [4.69, 9.17) is 10.2 Å². The average molecular weight is 353 g/mol. The van der Waals surface area contributed by atoms with Crippen LogP contribution < -0.4 is 5.73 Å². The van der Waals surface area contributed by atoms with Crippen LogP contribution in [0, 0.1) is 6.92 Å². The minimum Gasteiger partial charge on any atom is -0.460 e. The summed E-state index contributed by atoms with van der Waals surface area (Å²) in [5, 5.41) is 2.72. The number of hydrogen-bond donors (Lipinski definition) is 1. The Labute approximate surface area is 154 Å². The summed E-state index contributed by atoms with van der Waals surface area (Å²) in [6.07, 6.45) is 5.17. The van der Waals surface area contributed by atoms with Crippen molar-refractivity contribution in [3.63, 3.8) is 0 Å². The molecule has 0 aliphatic carbocycles. The molecule has 0 atom stereocenters. The van der Waals surface area contributed by atoms with Crippen LogP contribution in [-0.4, -0.2) is 19.9 Å². The van der Waals surface area contributed by atoms with E-state index in [9.17, 15) is 0 Å². The van der Waals surface area contributed by atoms with Gasteiger partial charge < -0.3 is 10.2 Å². The van der Waals surface area contributed by atoms with Crippen LogP contribution in [0.1, 0.15) is 5.76 Å². The van der Waals surface area contributed by atoms with Crippen molar-refractivity contribution < 1.29 is 4.42 Å². The SMILES string of the molecule is Cc1ccc(-c2cc(-c3nccc4c(N)nccc34)c3cccnc3n2)o1. The van der Waals surface area contributed by atoms with Gasteiger partial charge in [0.15, 0.2) is 11.4 Å². The fourth-order valence-electron chi connectivity index (χ4n) is 3.29. The maximum absolute atomic E-state index is 6.06. The summed E-state index contributed by atoms with van der Waals surface area (Å²) < 4.78 is 5.78. The Bertz CT molecular complexity index is 1310. The number of rotatable bonds is 2. The highest BCUT2D eigenvalue weighted by molar-refractivity contribution is 6.05. The van der Waals surface area contributed by atoms with Gasteiger partial charge in [0.2, 0.25) is 0 Å². The molecule has 0 spiro atoms. The van der Waals surface area contributed by atoms with Crippen LogP contribution in [0.5, 0.6) is 0 Å². The molecule has 0 radical (unpaired) electrons. The Morgan fingerprint density at radius 3 is 2.56 bits per heavy atom. The van der Waals surface area contributed by atoms with Gasteiger partial charge in [-0.15, -0.1) is 0 Å². The zero-order valence-corrected chi connectivity index (χ0v) is 14.5. The molecule has 0 amide bonds. The third kappa shape index (κ3) is 2.50. The summed E-state index contributed by atoms with van der Waals surface area (Å²) in [6, 6.07) is 13.5. The van der Waals surface area contributed by atoms with Crippen LogP contribution >= 0.6 is 0 Å². The number of aromatic nitrogens is 4. The zero-order valence-electron chi connectivity index (χ0n) is 14.5. The van der Waals surface area contributed by atoms with Crippen LogP contribution in [-0.2, 0) is 0 Å². The highest BCUT2D eigenvalue weighted by atomic mass is 16.3. The molecular weight excluding hydrogens is 338 g/mol. The second kappa shape index (κ2) is 5.88. The largest absolute Gasteiger partial charge is 0.460 e. The molecule has 2 N–H and O–H groups in total. The van der Waals surface area contributed by atoms with Gasteiger partial charge in [-0.2, -0.15) is 0 Å². The Kier molecular flexibility index (Phi) is 3.36. The van der Waals surface area contributed by atoms with Crippen LogP contribution in [0.3, 0.4) is 0 Å². The van der Waals surface area contributed by atoms with E-state index in [1.54, 1.807) is 18.6 Å². The molecule has 5 rings (SSSR count). The summed E-state index contributed by atoms with van der Waals surface area (Å²) in [6.45, 7) is 1.91. The molecular formula is C21H15N5O. The number of furan rings is 1. The van der Waals surface area contributed by atoms with Crippen LogP contribution in [0.4, 0.5) is 5.82 Å². The Hall–Kier alpha value is -3.80. The van der Waals surface area contributed by atoms with Gasteiger partial charge in [-0.3, -0.25) is 4.98 Å². The van der Waals surface area contributed by atoms with E-state index >= 15 is 0 Å². The van der Waals surface area contributed by atoms with E-state index in [1.807, 2.05) is 49.4 Å². The van der Waals surface area contributed by atoms with Crippen LogP contribution in [0.25, 0.3) is 44.5 Å². The molecule has 27 heavy (non-hydrogen) atoms. The predicted molar refractivity (Wildman–Crippen MR) is 105 cm³/mol. The second-order valence-corrected chi connectivity index (χ2v) is 6.29. The fourth-order valence-corrected chi connectivity index (χ4v) is 3.29. The second-order valence-electron chi connectivity index (χ2n) is 6.29. The van der Waals surface area contributed by atoms with E-state index in [1.165, 1.54) is 0 Å². The molecule has 5 aromatic heterocycles. The molecule has 0 saturated heterocycles. The number of hydrogen-bond acceptors (Lipinski definition) is 6. The van der Waals surface area contributed by atoms with Crippen LogP contribution in [0.15, 0.2) is 65.5 Å². The highest BCUT2D eigenvalue weighted by Gasteiger charge is 2.15. The maximum atomic E-state index is 6.06. The number of fused-ring (bicyclic) bond motifs is 2. The summed E-state index contributed by atoms with van der Waals surface area (Å²) >= 11 is 0.